The van der Waals surface area contributed by atoms with Crippen molar-refractivity contribution in [1.29, 1.82) is 0 Å². The van der Waals surface area contributed by atoms with Gasteiger partial charge in [-0.2, -0.15) is 0 Å². The zero-order valence-corrected chi connectivity index (χ0v) is 12.3. The number of rotatable bonds is 3. The molecule has 0 aromatic heterocycles. The van der Waals surface area contributed by atoms with Gasteiger partial charge >= 0.3 is 0 Å². The minimum atomic E-state index is -0.0307. The largest absolute Gasteiger partial charge is 0.382 e. The van der Waals surface area contributed by atoms with E-state index in [1.165, 1.54) is 31.7 Å². The first-order chi connectivity index (χ1) is 8.85. The molecule has 1 unspecified atom stereocenters. The number of anilines is 2. The van der Waals surface area contributed by atoms with Crippen LogP contribution in [0.25, 0.3) is 0 Å². The van der Waals surface area contributed by atoms with Crippen LogP contribution in [0.1, 0.15) is 45.6 Å². The third-order valence-corrected chi connectivity index (χ3v) is 3.89. The lowest BCUT2D eigenvalue weighted by atomic mass is 9.92. The van der Waals surface area contributed by atoms with E-state index in [9.17, 15) is 4.79 Å². The van der Waals surface area contributed by atoms with E-state index in [4.69, 9.17) is 0 Å². The molecule has 1 aromatic carbocycles. The molecule has 0 spiro atoms. The zero-order chi connectivity index (χ0) is 14.0. The Bertz CT molecular complexity index is 480. The van der Waals surface area contributed by atoms with Crippen molar-refractivity contribution in [3.8, 4) is 0 Å². The van der Waals surface area contributed by atoms with E-state index >= 15 is 0 Å². The first kappa shape index (κ1) is 13.9. The fourth-order valence-electron chi connectivity index (χ4n) is 2.84. The Labute approximate surface area is 115 Å². The Morgan fingerprint density at radius 3 is 2.68 bits per heavy atom. The van der Waals surface area contributed by atoms with E-state index in [-0.39, 0.29) is 5.91 Å². The number of benzene rings is 1. The van der Waals surface area contributed by atoms with Gasteiger partial charge in [-0.3, -0.25) is 4.79 Å². The number of hydrogen-bond acceptors (Lipinski definition) is 2. The second-order valence-corrected chi connectivity index (χ2v) is 6.46. The third-order valence-electron chi connectivity index (χ3n) is 3.89. The molecule has 0 radical (unpaired) electrons. The zero-order valence-electron chi connectivity index (χ0n) is 12.3. The number of amides is 1. The minimum Gasteiger partial charge on any atom is -0.382 e. The van der Waals surface area contributed by atoms with E-state index in [2.05, 4.69) is 31.4 Å². The summed E-state index contributed by atoms with van der Waals surface area (Å²) in [5, 5.41) is 6.46. The quantitative estimate of drug-likeness (QED) is 0.864. The second kappa shape index (κ2) is 5.24. The molecule has 3 heteroatoms. The second-order valence-electron chi connectivity index (χ2n) is 6.46. The maximum absolute atomic E-state index is 11.1. The summed E-state index contributed by atoms with van der Waals surface area (Å²) in [7, 11) is 0. The maximum atomic E-state index is 11.1. The summed E-state index contributed by atoms with van der Waals surface area (Å²) >= 11 is 0. The van der Waals surface area contributed by atoms with Crippen molar-refractivity contribution in [3.63, 3.8) is 0 Å². The fraction of sp³-hybridized carbons (Fsp3) is 0.562. The Morgan fingerprint density at radius 2 is 2.11 bits per heavy atom. The summed E-state index contributed by atoms with van der Waals surface area (Å²) in [5.74, 6) is -0.0307. The van der Waals surface area contributed by atoms with Crippen LogP contribution in [-0.4, -0.2) is 11.9 Å². The van der Waals surface area contributed by atoms with Crippen LogP contribution in [0.15, 0.2) is 18.2 Å². The van der Waals surface area contributed by atoms with Crippen LogP contribution >= 0.6 is 0 Å². The number of carbonyl (C=O) groups is 1. The van der Waals surface area contributed by atoms with Crippen molar-refractivity contribution in [1.82, 2.24) is 0 Å². The van der Waals surface area contributed by atoms with Crippen LogP contribution < -0.4 is 10.6 Å². The average Bonchev–Trinajstić information content (AvgIpc) is 2.62. The molecule has 19 heavy (non-hydrogen) atoms. The maximum Gasteiger partial charge on any atom is 0.221 e. The minimum absolute atomic E-state index is 0.0307. The van der Waals surface area contributed by atoms with Crippen LogP contribution in [-0.2, 0) is 4.79 Å². The van der Waals surface area contributed by atoms with Crippen molar-refractivity contribution >= 4 is 17.3 Å². The average molecular weight is 260 g/mol. The van der Waals surface area contributed by atoms with Gasteiger partial charge in [0.1, 0.15) is 0 Å². The SMILES string of the molecule is CC(=O)Nc1ccc(C)c(NC2CCC(C)(C)C2)c1. The van der Waals surface area contributed by atoms with Gasteiger partial charge in [0.15, 0.2) is 0 Å². The van der Waals surface area contributed by atoms with Crippen LogP contribution in [0.5, 0.6) is 0 Å². The molecule has 0 saturated heterocycles. The molecule has 0 heterocycles. The number of hydrogen-bond donors (Lipinski definition) is 2. The number of nitrogens with one attached hydrogen (secondary N) is 2. The molecule has 1 aromatic rings. The lowest BCUT2D eigenvalue weighted by Crippen LogP contribution is -2.18. The highest BCUT2D eigenvalue weighted by Gasteiger charge is 2.30. The highest BCUT2D eigenvalue weighted by Crippen LogP contribution is 2.38. The van der Waals surface area contributed by atoms with Crippen molar-refractivity contribution in [2.45, 2.75) is 53.0 Å². The normalized spacial score (nSPS) is 21.2. The summed E-state index contributed by atoms with van der Waals surface area (Å²) < 4.78 is 0. The van der Waals surface area contributed by atoms with Crippen LogP contribution in [0.4, 0.5) is 11.4 Å². The van der Waals surface area contributed by atoms with E-state index in [1.807, 2.05) is 18.2 Å². The highest BCUT2D eigenvalue weighted by molar-refractivity contribution is 5.89. The van der Waals surface area contributed by atoms with Gasteiger partial charge in [-0.25, -0.2) is 0 Å². The van der Waals surface area contributed by atoms with Gasteiger partial charge in [-0.1, -0.05) is 19.9 Å². The molecule has 1 atom stereocenters. The van der Waals surface area contributed by atoms with Gasteiger partial charge in [-0.05, 0) is 49.3 Å². The van der Waals surface area contributed by atoms with E-state index in [0.717, 1.165) is 11.4 Å². The lowest BCUT2D eigenvalue weighted by molar-refractivity contribution is -0.114. The molecule has 1 amide bonds. The molecule has 1 saturated carbocycles. The lowest BCUT2D eigenvalue weighted by Gasteiger charge is -2.20. The number of carbonyl (C=O) groups excluding carboxylic acids is 1. The molecular weight excluding hydrogens is 236 g/mol. The molecule has 1 aliphatic carbocycles. The Kier molecular flexibility index (Phi) is 3.83. The van der Waals surface area contributed by atoms with Crippen molar-refractivity contribution < 1.29 is 4.79 Å². The van der Waals surface area contributed by atoms with Crippen LogP contribution in [0.3, 0.4) is 0 Å². The van der Waals surface area contributed by atoms with Crippen molar-refractivity contribution in [2.75, 3.05) is 10.6 Å². The molecular formula is C16H24N2O. The van der Waals surface area contributed by atoms with Gasteiger partial charge in [0, 0.05) is 24.3 Å². The van der Waals surface area contributed by atoms with Crippen LogP contribution in [0, 0.1) is 12.3 Å². The molecule has 0 aliphatic heterocycles. The Hall–Kier alpha value is -1.51. The van der Waals surface area contributed by atoms with E-state index in [0.29, 0.717) is 11.5 Å². The molecule has 2 N–H and O–H groups in total. The third kappa shape index (κ3) is 3.72. The molecule has 104 valence electrons. The Morgan fingerprint density at radius 1 is 1.37 bits per heavy atom. The van der Waals surface area contributed by atoms with Gasteiger partial charge < -0.3 is 10.6 Å². The predicted molar refractivity (Wildman–Crippen MR) is 80.5 cm³/mol. The van der Waals surface area contributed by atoms with Crippen LogP contribution in [0.2, 0.25) is 0 Å². The van der Waals surface area contributed by atoms with Crippen molar-refractivity contribution in [3.05, 3.63) is 23.8 Å². The van der Waals surface area contributed by atoms with Gasteiger partial charge in [0.2, 0.25) is 5.91 Å². The number of aryl methyl sites for hydroxylation is 1. The van der Waals surface area contributed by atoms with Crippen molar-refractivity contribution in [2.24, 2.45) is 5.41 Å². The smallest absolute Gasteiger partial charge is 0.221 e. The summed E-state index contributed by atoms with van der Waals surface area (Å²) in [6.45, 7) is 8.29. The fourth-order valence-corrected chi connectivity index (χ4v) is 2.84. The summed E-state index contributed by atoms with van der Waals surface area (Å²) in [4.78, 5) is 11.1. The predicted octanol–water partition coefficient (Wildman–Crippen LogP) is 3.94. The Balaban J connectivity index is 2.09. The van der Waals surface area contributed by atoms with Gasteiger partial charge in [0.05, 0.1) is 0 Å². The molecule has 0 bridgehead atoms. The molecule has 1 aliphatic rings. The van der Waals surface area contributed by atoms with Gasteiger partial charge in [0.25, 0.3) is 0 Å². The summed E-state index contributed by atoms with van der Waals surface area (Å²) in [6, 6.07) is 6.57. The standard InChI is InChI=1S/C16H24N2O/c1-11-5-6-13(17-12(2)19)9-15(11)18-14-7-8-16(3,4)10-14/h5-6,9,14,18H,7-8,10H2,1-4H3,(H,17,19). The first-order valence-corrected chi connectivity index (χ1v) is 7.00. The van der Waals surface area contributed by atoms with E-state index in [1.54, 1.807) is 0 Å². The summed E-state index contributed by atoms with van der Waals surface area (Å²) in [6.07, 6.45) is 3.70. The highest BCUT2D eigenvalue weighted by atomic mass is 16.1. The molecule has 2 rings (SSSR count). The molecule has 3 nitrogen and oxygen atoms in total. The first-order valence-electron chi connectivity index (χ1n) is 7.00. The van der Waals surface area contributed by atoms with Gasteiger partial charge in [-0.15, -0.1) is 0 Å². The van der Waals surface area contributed by atoms with E-state index < -0.39 is 0 Å². The monoisotopic (exact) mass is 260 g/mol. The topological polar surface area (TPSA) is 41.1 Å². The summed E-state index contributed by atoms with van der Waals surface area (Å²) in [5.41, 5.74) is 3.66. The molecule has 1 fully saturated rings.